The predicted octanol–water partition coefficient (Wildman–Crippen LogP) is 0.527. The Balaban J connectivity index is 1.60. The lowest BCUT2D eigenvalue weighted by Gasteiger charge is -2.34. The second kappa shape index (κ2) is 8.05. The van der Waals surface area contributed by atoms with E-state index in [1.54, 1.807) is 18.1 Å². The summed E-state index contributed by atoms with van der Waals surface area (Å²) in [6.45, 7) is 0.425. The van der Waals surface area contributed by atoms with E-state index >= 15 is 0 Å². The van der Waals surface area contributed by atoms with Crippen LogP contribution in [0.1, 0.15) is 41.0 Å². The molecular weight excluding hydrogens is 348 g/mol. The summed E-state index contributed by atoms with van der Waals surface area (Å²) >= 11 is 0. The van der Waals surface area contributed by atoms with Gasteiger partial charge in [0, 0.05) is 25.4 Å². The average molecular weight is 370 g/mol. The topological polar surface area (TPSA) is 138 Å². The van der Waals surface area contributed by atoms with E-state index in [9.17, 15) is 14.7 Å². The van der Waals surface area contributed by atoms with E-state index in [1.165, 1.54) is 12.3 Å². The van der Waals surface area contributed by atoms with Crippen molar-refractivity contribution in [3.63, 3.8) is 0 Å². The molecule has 0 saturated heterocycles. The molecule has 2 aromatic rings. The Morgan fingerprint density at radius 1 is 1.48 bits per heavy atom. The van der Waals surface area contributed by atoms with E-state index in [4.69, 9.17) is 5.26 Å². The van der Waals surface area contributed by atoms with Crippen molar-refractivity contribution in [1.29, 1.82) is 5.26 Å². The zero-order chi connectivity index (χ0) is 19.4. The molecule has 2 heterocycles. The molecule has 3 rings (SSSR count). The molecule has 1 fully saturated rings. The quantitative estimate of drug-likeness (QED) is 0.608. The van der Waals surface area contributed by atoms with Crippen LogP contribution in [0.3, 0.4) is 0 Å². The van der Waals surface area contributed by atoms with Gasteiger partial charge >= 0.3 is 0 Å². The number of aromatic amines is 2. The monoisotopic (exact) mass is 370 g/mol. The van der Waals surface area contributed by atoms with Gasteiger partial charge in [-0.05, 0) is 31.4 Å². The zero-order valence-electron chi connectivity index (χ0n) is 15.0. The van der Waals surface area contributed by atoms with Crippen molar-refractivity contribution in [3.05, 3.63) is 41.5 Å². The number of carbonyl (C=O) groups is 2. The molecule has 0 unspecified atom stereocenters. The van der Waals surface area contributed by atoms with Crippen molar-refractivity contribution in [2.45, 2.75) is 38.0 Å². The van der Waals surface area contributed by atoms with Crippen molar-refractivity contribution in [2.24, 2.45) is 5.92 Å². The van der Waals surface area contributed by atoms with Gasteiger partial charge in [-0.1, -0.05) is 0 Å². The first-order chi connectivity index (χ1) is 13.0. The fourth-order valence-corrected chi connectivity index (χ4v) is 3.39. The molecule has 2 aromatic heterocycles. The lowest BCUT2D eigenvalue weighted by molar-refractivity contribution is -0.137. The fraction of sp³-hybridized carbons (Fsp3) is 0.444. The minimum Gasteiger partial charge on any atom is -0.391 e. The standard InChI is InChI=1S/C18H22N6O3/c1-24(10-13-4-5-21-23-13)18(27)12-2-3-16(25)14(7-12)22-17(26)15-6-11(8-19)9-20-15/h4-6,9,12,14,16,20,25H,2-3,7,10H2,1H3,(H,21,23)(H,22,26)/t12-,14+,16+/m0/s1. The number of H-pyrrole nitrogens is 2. The Morgan fingerprint density at radius 2 is 2.30 bits per heavy atom. The van der Waals surface area contributed by atoms with E-state index in [2.05, 4.69) is 20.5 Å². The van der Waals surface area contributed by atoms with E-state index in [-0.39, 0.29) is 17.5 Å². The Bertz CT molecular complexity index is 838. The molecule has 0 aliphatic heterocycles. The molecule has 0 radical (unpaired) electrons. The van der Waals surface area contributed by atoms with Crippen LogP contribution in [0.4, 0.5) is 0 Å². The maximum absolute atomic E-state index is 12.7. The smallest absolute Gasteiger partial charge is 0.268 e. The predicted molar refractivity (Wildman–Crippen MR) is 95.2 cm³/mol. The molecule has 1 aliphatic rings. The molecule has 2 amide bonds. The minimum absolute atomic E-state index is 0.0256. The number of aliphatic hydroxyl groups excluding tert-OH is 1. The Morgan fingerprint density at radius 3 is 2.96 bits per heavy atom. The molecular formula is C18H22N6O3. The molecule has 0 spiro atoms. The van der Waals surface area contributed by atoms with Gasteiger partial charge in [0.25, 0.3) is 5.91 Å². The number of hydrogen-bond donors (Lipinski definition) is 4. The highest BCUT2D eigenvalue weighted by Crippen LogP contribution is 2.27. The highest BCUT2D eigenvalue weighted by molar-refractivity contribution is 5.93. The molecule has 0 bridgehead atoms. The van der Waals surface area contributed by atoms with Gasteiger partial charge in [0.05, 0.1) is 29.9 Å². The van der Waals surface area contributed by atoms with E-state index in [0.717, 1.165) is 5.69 Å². The highest BCUT2D eigenvalue weighted by Gasteiger charge is 2.35. The molecule has 9 nitrogen and oxygen atoms in total. The van der Waals surface area contributed by atoms with Gasteiger partial charge in [-0.3, -0.25) is 14.7 Å². The molecule has 1 saturated carbocycles. The fourth-order valence-electron chi connectivity index (χ4n) is 3.39. The summed E-state index contributed by atoms with van der Waals surface area (Å²) in [6, 6.07) is 4.69. The van der Waals surface area contributed by atoms with Crippen LogP contribution < -0.4 is 5.32 Å². The number of rotatable bonds is 5. The van der Waals surface area contributed by atoms with Gasteiger partial charge in [-0.2, -0.15) is 10.4 Å². The minimum atomic E-state index is -0.707. The molecule has 9 heteroatoms. The first-order valence-corrected chi connectivity index (χ1v) is 8.78. The largest absolute Gasteiger partial charge is 0.391 e. The molecule has 1 aliphatic carbocycles. The van der Waals surface area contributed by atoms with Crippen LogP contribution in [0.25, 0.3) is 0 Å². The summed E-state index contributed by atoms with van der Waals surface area (Å²) < 4.78 is 0. The van der Waals surface area contributed by atoms with Gasteiger partial charge in [0.1, 0.15) is 11.8 Å². The first-order valence-electron chi connectivity index (χ1n) is 8.78. The van der Waals surface area contributed by atoms with E-state index in [1.807, 2.05) is 12.1 Å². The van der Waals surface area contributed by atoms with Crippen LogP contribution in [-0.4, -0.2) is 56.2 Å². The van der Waals surface area contributed by atoms with Gasteiger partial charge in [-0.15, -0.1) is 0 Å². The summed E-state index contributed by atoms with van der Waals surface area (Å²) in [5.74, 6) is -0.702. The number of amides is 2. The first kappa shape index (κ1) is 18.7. The third-order valence-corrected chi connectivity index (χ3v) is 4.88. The van der Waals surface area contributed by atoms with Gasteiger partial charge in [0.15, 0.2) is 0 Å². The zero-order valence-corrected chi connectivity index (χ0v) is 15.0. The molecule has 27 heavy (non-hydrogen) atoms. The number of carbonyl (C=O) groups excluding carboxylic acids is 2. The lowest BCUT2D eigenvalue weighted by Crippen LogP contribution is -2.49. The number of hydrogen-bond acceptors (Lipinski definition) is 5. The Kier molecular flexibility index (Phi) is 5.57. The number of aliphatic hydroxyl groups is 1. The third-order valence-electron chi connectivity index (χ3n) is 4.88. The summed E-state index contributed by atoms with van der Waals surface area (Å²) in [5.41, 5.74) is 1.45. The van der Waals surface area contributed by atoms with Crippen molar-refractivity contribution in [2.75, 3.05) is 7.05 Å². The summed E-state index contributed by atoms with van der Waals surface area (Å²) in [6.07, 6.45) is 3.75. The third kappa shape index (κ3) is 4.35. The van der Waals surface area contributed by atoms with E-state index in [0.29, 0.717) is 31.4 Å². The number of nitrogens with one attached hydrogen (secondary N) is 3. The summed E-state index contributed by atoms with van der Waals surface area (Å²) in [5, 5.41) is 28.6. The Labute approximate surface area is 156 Å². The molecule has 4 N–H and O–H groups in total. The molecule has 0 aromatic carbocycles. The van der Waals surface area contributed by atoms with Crippen molar-refractivity contribution in [1.82, 2.24) is 25.4 Å². The van der Waals surface area contributed by atoms with Gasteiger partial charge in [-0.25, -0.2) is 0 Å². The van der Waals surface area contributed by atoms with Crippen LogP contribution in [0, 0.1) is 17.2 Å². The normalized spacial score (nSPS) is 22.0. The van der Waals surface area contributed by atoms with Crippen LogP contribution in [-0.2, 0) is 11.3 Å². The number of nitrogens with zero attached hydrogens (tertiary/aromatic N) is 3. The summed E-state index contributed by atoms with van der Waals surface area (Å²) in [7, 11) is 1.73. The summed E-state index contributed by atoms with van der Waals surface area (Å²) in [4.78, 5) is 29.4. The van der Waals surface area contributed by atoms with Gasteiger partial charge < -0.3 is 20.3 Å². The number of nitriles is 1. The van der Waals surface area contributed by atoms with Crippen LogP contribution in [0.5, 0.6) is 0 Å². The second-order valence-corrected chi connectivity index (χ2v) is 6.85. The molecule has 142 valence electrons. The van der Waals surface area contributed by atoms with Crippen molar-refractivity contribution < 1.29 is 14.7 Å². The SMILES string of the molecule is CN(Cc1ccn[nH]1)C(=O)[C@H]1CC[C@@H](O)[C@H](NC(=O)c2cc(C#N)c[nH]2)C1. The van der Waals surface area contributed by atoms with Crippen molar-refractivity contribution >= 4 is 11.8 Å². The second-order valence-electron chi connectivity index (χ2n) is 6.85. The van der Waals surface area contributed by atoms with Crippen LogP contribution >= 0.6 is 0 Å². The maximum atomic E-state index is 12.7. The number of aromatic nitrogens is 3. The van der Waals surface area contributed by atoms with Crippen molar-refractivity contribution in [3.8, 4) is 6.07 Å². The highest BCUT2D eigenvalue weighted by atomic mass is 16.3. The lowest BCUT2D eigenvalue weighted by atomic mass is 9.83. The van der Waals surface area contributed by atoms with Gasteiger partial charge in [0.2, 0.25) is 5.91 Å². The Hall–Kier alpha value is -3.12. The van der Waals surface area contributed by atoms with E-state index < -0.39 is 18.1 Å². The van der Waals surface area contributed by atoms with Crippen LogP contribution in [0.15, 0.2) is 24.5 Å². The average Bonchev–Trinajstić information content (AvgIpc) is 3.34. The van der Waals surface area contributed by atoms with Crippen LogP contribution in [0.2, 0.25) is 0 Å². The maximum Gasteiger partial charge on any atom is 0.268 e. The molecule has 3 atom stereocenters.